The zero-order valence-electron chi connectivity index (χ0n) is 15.2. The van der Waals surface area contributed by atoms with Crippen molar-refractivity contribution in [2.75, 3.05) is 45.8 Å². The second-order valence-corrected chi connectivity index (χ2v) is 9.00. The molecule has 1 amide bonds. The molecule has 0 spiro atoms. The van der Waals surface area contributed by atoms with Crippen LogP contribution in [0.15, 0.2) is 29.2 Å². The highest BCUT2D eigenvalue weighted by Crippen LogP contribution is 2.25. The van der Waals surface area contributed by atoms with Crippen molar-refractivity contribution >= 4 is 15.9 Å². The van der Waals surface area contributed by atoms with Crippen molar-refractivity contribution < 1.29 is 22.5 Å². The quantitative estimate of drug-likeness (QED) is 0.793. The van der Waals surface area contributed by atoms with Gasteiger partial charge in [0.25, 0.3) is 0 Å². The molecule has 1 aromatic carbocycles. The number of hydrogen-bond acceptors (Lipinski definition) is 3. The van der Waals surface area contributed by atoms with Gasteiger partial charge < -0.3 is 9.80 Å². The second kappa shape index (κ2) is 8.02. The summed E-state index contributed by atoms with van der Waals surface area (Å²) in [4.78, 5) is 16.3. The summed E-state index contributed by atoms with van der Waals surface area (Å²) in [6.07, 6.45) is 1.08. The summed E-state index contributed by atoms with van der Waals surface area (Å²) >= 11 is 0. The average molecular weight is 384 g/mol. The van der Waals surface area contributed by atoms with Crippen molar-refractivity contribution in [3.63, 3.8) is 0 Å². The van der Waals surface area contributed by atoms with Crippen LogP contribution in [0, 0.1) is 11.7 Å². The molecule has 0 aromatic heterocycles. The molecule has 0 saturated carbocycles. The van der Waals surface area contributed by atoms with Crippen LogP contribution in [0.4, 0.5) is 4.39 Å². The Bertz CT molecular complexity index is 723. The van der Waals surface area contributed by atoms with Gasteiger partial charge in [0.05, 0.1) is 37.6 Å². The first-order valence-corrected chi connectivity index (χ1v) is 10.7. The van der Waals surface area contributed by atoms with Crippen LogP contribution in [0.3, 0.4) is 0 Å². The molecule has 0 aliphatic carbocycles. The Balaban J connectivity index is 1.57. The van der Waals surface area contributed by atoms with Crippen molar-refractivity contribution in [2.45, 2.75) is 24.7 Å². The number of nitrogens with zero attached hydrogens (tertiary/aromatic N) is 2. The zero-order valence-corrected chi connectivity index (χ0v) is 16.0. The number of halogens is 1. The van der Waals surface area contributed by atoms with Crippen LogP contribution < -0.4 is 4.90 Å². The highest BCUT2D eigenvalue weighted by Gasteiger charge is 2.35. The lowest BCUT2D eigenvalue weighted by Crippen LogP contribution is -3.14. The van der Waals surface area contributed by atoms with Crippen LogP contribution in [0.25, 0.3) is 0 Å². The maximum Gasteiger partial charge on any atom is 0.243 e. The minimum Gasteiger partial charge on any atom is -0.332 e. The number of benzene rings is 1. The van der Waals surface area contributed by atoms with E-state index in [1.165, 1.54) is 21.3 Å². The normalized spacial score (nSPS) is 21.1. The van der Waals surface area contributed by atoms with Gasteiger partial charge in [0.2, 0.25) is 15.9 Å². The van der Waals surface area contributed by atoms with E-state index in [1.54, 1.807) is 0 Å². The Morgan fingerprint density at radius 1 is 1.12 bits per heavy atom. The predicted molar refractivity (Wildman–Crippen MR) is 95.7 cm³/mol. The zero-order chi connectivity index (χ0) is 18.7. The van der Waals surface area contributed by atoms with Crippen molar-refractivity contribution in [1.82, 2.24) is 9.21 Å². The summed E-state index contributed by atoms with van der Waals surface area (Å²) in [5.74, 6) is -0.393. The Morgan fingerprint density at radius 2 is 1.69 bits per heavy atom. The Kier molecular flexibility index (Phi) is 5.94. The van der Waals surface area contributed by atoms with Crippen LogP contribution in [0.1, 0.15) is 19.8 Å². The highest BCUT2D eigenvalue weighted by atomic mass is 32.2. The molecule has 2 fully saturated rings. The fourth-order valence-electron chi connectivity index (χ4n) is 3.75. The number of sulfonamides is 1. The molecule has 0 radical (unpaired) electrons. The molecular weight excluding hydrogens is 357 g/mol. The van der Waals surface area contributed by atoms with Crippen molar-refractivity contribution in [3.05, 3.63) is 30.1 Å². The molecule has 6 nitrogen and oxygen atoms in total. The number of hydrogen-bond donors (Lipinski definition) is 1. The first-order valence-electron chi connectivity index (χ1n) is 9.30. The molecule has 2 aliphatic rings. The van der Waals surface area contributed by atoms with Crippen LogP contribution in [0.5, 0.6) is 0 Å². The number of carbonyl (C=O) groups is 1. The molecule has 8 heteroatoms. The molecule has 1 N–H and O–H groups in total. The number of likely N-dealkylation sites (N-methyl/N-ethyl adjacent to an activating group) is 1. The smallest absolute Gasteiger partial charge is 0.243 e. The van der Waals surface area contributed by atoms with E-state index in [0.717, 1.165) is 44.9 Å². The standard InChI is InChI=1S/C18H26FN3O3S/c1-2-20-11-13-21(14-12-20)18(23)15-7-9-22(10-8-15)26(24,25)17-5-3-16(19)4-6-17/h3-6,15H,2,7-14H2,1H3/p+1. The maximum atomic E-state index is 13.0. The number of piperidine rings is 1. The Morgan fingerprint density at radius 3 is 2.23 bits per heavy atom. The topological polar surface area (TPSA) is 62.1 Å². The van der Waals surface area contributed by atoms with E-state index in [9.17, 15) is 17.6 Å². The van der Waals surface area contributed by atoms with Crippen LogP contribution in [0.2, 0.25) is 0 Å². The average Bonchev–Trinajstić information content (AvgIpc) is 2.68. The summed E-state index contributed by atoms with van der Waals surface area (Å²) in [6, 6.07) is 4.89. The third-order valence-corrected chi connectivity index (χ3v) is 7.45. The second-order valence-electron chi connectivity index (χ2n) is 7.06. The van der Waals surface area contributed by atoms with E-state index in [2.05, 4.69) is 6.92 Å². The van der Waals surface area contributed by atoms with E-state index < -0.39 is 15.8 Å². The minimum atomic E-state index is -3.63. The maximum absolute atomic E-state index is 13.0. The van der Waals surface area contributed by atoms with Gasteiger partial charge in [-0.15, -0.1) is 0 Å². The number of quaternary nitrogens is 1. The molecule has 1 aromatic rings. The Hall–Kier alpha value is -1.51. The van der Waals surface area contributed by atoms with Crippen molar-refractivity contribution in [1.29, 1.82) is 0 Å². The van der Waals surface area contributed by atoms with E-state index in [-0.39, 0.29) is 16.7 Å². The number of piperazine rings is 1. The highest BCUT2D eigenvalue weighted by molar-refractivity contribution is 7.89. The molecule has 2 heterocycles. The van der Waals surface area contributed by atoms with Crippen LogP contribution in [-0.2, 0) is 14.8 Å². The molecule has 3 rings (SSSR count). The van der Waals surface area contributed by atoms with Gasteiger partial charge in [0.15, 0.2) is 0 Å². The van der Waals surface area contributed by atoms with Crippen molar-refractivity contribution in [3.8, 4) is 0 Å². The van der Waals surface area contributed by atoms with Gasteiger partial charge in [-0.2, -0.15) is 4.31 Å². The molecule has 2 aliphatic heterocycles. The molecule has 0 atom stereocenters. The van der Waals surface area contributed by atoms with E-state index in [1.807, 2.05) is 4.90 Å². The van der Waals surface area contributed by atoms with Gasteiger partial charge in [0.1, 0.15) is 5.82 Å². The molecule has 2 saturated heterocycles. The van der Waals surface area contributed by atoms with Gasteiger partial charge in [-0.1, -0.05) is 0 Å². The number of rotatable bonds is 4. The first kappa shape index (κ1) is 19.3. The predicted octanol–water partition coefficient (Wildman–Crippen LogP) is -0.0266. The summed E-state index contributed by atoms with van der Waals surface area (Å²) in [5.41, 5.74) is 0. The first-order chi connectivity index (χ1) is 12.4. The van der Waals surface area contributed by atoms with Gasteiger partial charge in [-0.3, -0.25) is 4.79 Å². The van der Waals surface area contributed by atoms with Gasteiger partial charge in [-0.25, -0.2) is 12.8 Å². The van der Waals surface area contributed by atoms with Crippen LogP contribution in [-0.4, -0.2) is 69.3 Å². The number of nitrogens with one attached hydrogen (secondary N) is 1. The summed E-state index contributed by atoms with van der Waals surface area (Å²) in [5, 5.41) is 0. The number of amides is 1. The minimum absolute atomic E-state index is 0.0992. The summed E-state index contributed by atoms with van der Waals surface area (Å²) in [6.45, 7) is 7.45. The lowest BCUT2D eigenvalue weighted by atomic mass is 9.96. The molecule has 144 valence electrons. The third-order valence-electron chi connectivity index (χ3n) is 5.54. The molecule has 26 heavy (non-hydrogen) atoms. The van der Waals surface area contributed by atoms with Crippen molar-refractivity contribution in [2.24, 2.45) is 5.92 Å². The summed E-state index contributed by atoms with van der Waals surface area (Å²) in [7, 11) is -3.63. The lowest BCUT2D eigenvalue weighted by molar-refractivity contribution is -0.902. The largest absolute Gasteiger partial charge is 0.332 e. The van der Waals surface area contributed by atoms with Gasteiger partial charge >= 0.3 is 0 Å². The Labute approximate surface area is 154 Å². The van der Waals surface area contributed by atoms with E-state index in [0.29, 0.717) is 25.9 Å². The monoisotopic (exact) mass is 384 g/mol. The number of carbonyl (C=O) groups excluding carboxylic acids is 1. The van der Waals surface area contributed by atoms with Gasteiger partial charge in [0, 0.05) is 19.0 Å². The SMILES string of the molecule is CC[NH+]1CCN(C(=O)C2CCN(S(=O)(=O)c3ccc(F)cc3)CC2)CC1. The summed E-state index contributed by atoms with van der Waals surface area (Å²) < 4.78 is 39.7. The molecule has 0 unspecified atom stereocenters. The van der Waals surface area contributed by atoms with Gasteiger partial charge in [-0.05, 0) is 44.0 Å². The molecule has 0 bridgehead atoms. The van der Waals surface area contributed by atoms with E-state index in [4.69, 9.17) is 0 Å². The fourth-order valence-corrected chi connectivity index (χ4v) is 5.22. The van der Waals surface area contributed by atoms with Crippen LogP contribution >= 0.6 is 0 Å². The third kappa shape index (κ3) is 4.07. The van der Waals surface area contributed by atoms with E-state index >= 15 is 0 Å². The molecular formula is C18H27FN3O3S+. The fraction of sp³-hybridized carbons (Fsp3) is 0.611. The lowest BCUT2D eigenvalue weighted by Gasteiger charge is -2.36.